The molecule has 226 valence electrons. The Balaban J connectivity index is 1.26. The molecule has 0 atom stereocenters. The normalized spacial score (nSPS) is 14.6. The summed E-state index contributed by atoms with van der Waals surface area (Å²) in [5.41, 5.74) is -0.0889. The molecule has 0 radical (unpaired) electrons. The predicted molar refractivity (Wildman–Crippen MR) is 144 cm³/mol. The summed E-state index contributed by atoms with van der Waals surface area (Å²) in [6.45, 7) is 3.21. The smallest absolute Gasteiger partial charge is 0.434 e. The van der Waals surface area contributed by atoms with Crippen LogP contribution in [0.25, 0.3) is 17.0 Å². The lowest BCUT2D eigenvalue weighted by molar-refractivity contribution is -0.140. The standard InChI is InChI=1S/C28H25F5N6O4/c1-27(2)24(35-36-26(27)41)15-6-9-18(23(30)22(15)29)43-13-5-4-12-39-21(40)11-7-16(37-39)17-8-10-19(42-3)25-34-20(14-38(17)25)28(31,32)33/h6-11,14H,4-5,12-13H2,1-3H3,(H,36,41). The van der Waals surface area contributed by atoms with E-state index in [1.54, 1.807) is 13.8 Å². The zero-order valence-corrected chi connectivity index (χ0v) is 23.1. The molecule has 3 aromatic heterocycles. The molecule has 5 rings (SSSR count). The highest BCUT2D eigenvalue weighted by atomic mass is 19.4. The lowest BCUT2D eigenvalue weighted by Gasteiger charge is -2.18. The Hall–Kier alpha value is -4.82. The lowest BCUT2D eigenvalue weighted by atomic mass is 9.83. The maximum absolute atomic E-state index is 14.8. The van der Waals surface area contributed by atoms with Crippen LogP contribution in [0, 0.1) is 17.0 Å². The van der Waals surface area contributed by atoms with E-state index >= 15 is 0 Å². The van der Waals surface area contributed by atoms with E-state index in [2.05, 4.69) is 20.6 Å². The van der Waals surface area contributed by atoms with Crippen LogP contribution >= 0.6 is 0 Å². The first-order valence-electron chi connectivity index (χ1n) is 13.0. The molecule has 0 bridgehead atoms. The van der Waals surface area contributed by atoms with Crippen molar-refractivity contribution in [3.05, 3.63) is 75.8 Å². The summed E-state index contributed by atoms with van der Waals surface area (Å²) in [6.07, 6.45) is -3.16. The molecule has 1 aliphatic heterocycles. The summed E-state index contributed by atoms with van der Waals surface area (Å²) in [4.78, 5) is 28.0. The number of hydrazone groups is 1. The first-order valence-corrected chi connectivity index (χ1v) is 13.0. The van der Waals surface area contributed by atoms with Crippen LogP contribution in [0.5, 0.6) is 11.5 Å². The third-order valence-electron chi connectivity index (χ3n) is 6.97. The number of aromatic nitrogens is 4. The number of unbranched alkanes of at least 4 members (excludes halogenated alkanes) is 1. The second kappa shape index (κ2) is 11.1. The average Bonchev–Trinajstić information content (AvgIpc) is 3.53. The minimum Gasteiger partial charge on any atom is -0.493 e. The number of methoxy groups -OCH3 is 1. The summed E-state index contributed by atoms with van der Waals surface area (Å²) in [5.74, 6) is -3.05. The van der Waals surface area contributed by atoms with E-state index in [9.17, 15) is 31.5 Å². The van der Waals surface area contributed by atoms with Crippen molar-refractivity contribution in [2.24, 2.45) is 10.5 Å². The fraction of sp³-hybridized carbons (Fsp3) is 0.321. The third-order valence-corrected chi connectivity index (χ3v) is 6.97. The van der Waals surface area contributed by atoms with Crippen molar-refractivity contribution in [2.45, 2.75) is 39.4 Å². The van der Waals surface area contributed by atoms with Gasteiger partial charge in [0.15, 0.2) is 28.7 Å². The van der Waals surface area contributed by atoms with Crippen molar-refractivity contribution in [3.8, 4) is 22.9 Å². The van der Waals surface area contributed by atoms with Gasteiger partial charge in [-0.05, 0) is 57.0 Å². The van der Waals surface area contributed by atoms with Gasteiger partial charge in [-0.3, -0.25) is 14.0 Å². The molecule has 4 heterocycles. The molecule has 0 saturated heterocycles. The van der Waals surface area contributed by atoms with Crippen molar-refractivity contribution >= 4 is 17.3 Å². The number of hydrogen-bond donors (Lipinski definition) is 1. The van der Waals surface area contributed by atoms with E-state index in [0.717, 1.165) is 10.9 Å². The van der Waals surface area contributed by atoms with Gasteiger partial charge < -0.3 is 9.47 Å². The number of halogens is 5. The number of rotatable bonds is 9. The number of ether oxygens (including phenoxy) is 2. The van der Waals surface area contributed by atoms with E-state index < -0.39 is 40.4 Å². The number of carbonyl (C=O) groups excluding carboxylic acids is 1. The molecule has 0 unspecified atom stereocenters. The SMILES string of the molecule is COc1ccc(-c2ccc(=O)n(CCCCOc3ccc(C4=NNC(=O)C4(C)C)c(F)c3F)n2)n2cc(C(F)(F)F)nc12. The van der Waals surface area contributed by atoms with Crippen molar-refractivity contribution in [1.29, 1.82) is 0 Å². The maximum Gasteiger partial charge on any atom is 0.434 e. The van der Waals surface area contributed by atoms with Crippen LogP contribution in [0.2, 0.25) is 0 Å². The van der Waals surface area contributed by atoms with Crippen LogP contribution in [0.3, 0.4) is 0 Å². The van der Waals surface area contributed by atoms with Crippen molar-refractivity contribution in [1.82, 2.24) is 24.6 Å². The zero-order valence-electron chi connectivity index (χ0n) is 23.1. The number of nitrogens with zero attached hydrogens (tertiary/aromatic N) is 5. The Morgan fingerprint density at radius 2 is 1.72 bits per heavy atom. The van der Waals surface area contributed by atoms with Gasteiger partial charge in [-0.15, -0.1) is 0 Å². The van der Waals surface area contributed by atoms with E-state index in [1.165, 1.54) is 47.9 Å². The first-order chi connectivity index (χ1) is 20.3. The average molecular weight is 605 g/mol. The van der Waals surface area contributed by atoms with Crippen LogP contribution in [0.4, 0.5) is 22.0 Å². The Kier molecular flexibility index (Phi) is 7.67. The number of aryl methyl sites for hydroxylation is 1. The number of benzene rings is 1. The molecule has 0 spiro atoms. The Morgan fingerprint density at radius 1 is 0.977 bits per heavy atom. The number of hydrogen-bond acceptors (Lipinski definition) is 7. The molecule has 10 nitrogen and oxygen atoms in total. The van der Waals surface area contributed by atoms with Gasteiger partial charge >= 0.3 is 6.18 Å². The van der Waals surface area contributed by atoms with Crippen LogP contribution in [0.15, 0.2) is 52.5 Å². The first kappa shape index (κ1) is 29.7. The molecule has 0 saturated carbocycles. The van der Waals surface area contributed by atoms with Crippen LogP contribution in [0.1, 0.15) is 37.9 Å². The van der Waals surface area contributed by atoms with Crippen molar-refractivity contribution in [2.75, 3.05) is 13.7 Å². The number of imidazole rings is 1. The van der Waals surface area contributed by atoms with Gasteiger partial charge in [0.05, 0.1) is 30.5 Å². The second-order valence-corrected chi connectivity index (χ2v) is 10.2. The van der Waals surface area contributed by atoms with Crippen LogP contribution in [-0.4, -0.2) is 44.5 Å². The number of alkyl halides is 3. The number of carbonyl (C=O) groups is 1. The van der Waals surface area contributed by atoms with Gasteiger partial charge in [0.1, 0.15) is 5.69 Å². The molecule has 0 aliphatic carbocycles. The second-order valence-electron chi connectivity index (χ2n) is 10.2. The minimum atomic E-state index is -4.68. The molecule has 1 N–H and O–H groups in total. The van der Waals surface area contributed by atoms with Gasteiger partial charge in [0.2, 0.25) is 5.82 Å². The third kappa shape index (κ3) is 5.53. The largest absolute Gasteiger partial charge is 0.493 e. The summed E-state index contributed by atoms with van der Waals surface area (Å²) < 4.78 is 82.5. The van der Waals surface area contributed by atoms with Gasteiger partial charge in [-0.2, -0.15) is 27.8 Å². The van der Waals surface area contributed by atoms with E-state index in [1.807, 2.05) is 0 Å². The number of fused-ring (bicyclic) bond motifs is 1. The molecule has 1 amide bonds. The zero-order chi connectivity index (χ0) is 31.1. The molecule has 0 fully saturated rings. The summed E-state index contributed by atoms with van der Waals surface area (Å²) in [6, 6.07) is 8.14. The van der Waals surface area contributed by atoms with E-state index in [-0.39, 0.29) is 53.0 Å². The fourth-order valence-corrected chi connectivity index (χ4v) is 4.56. The summed E-state index contributed by atoms with van der Waals surface area (Å²) in [5, 5.41) is 8.14. The highest BCUT2D eigenvalue weighted by molar-refractivity contribution is 6.19. The highest BCUT2D eigenvalue weighted by Crippen LogP contribution is 2.34. The number of amides is 1. The topological polar surface area (TPSA) is 112 Å². The maximum atomic E-state index is 14.8. The van der Waals surface area contributed by atoms with E-state index in [4.69, 9.17) is 9.47 Å². The van der Waals surface area contributed by atoms with Gasteiger partial charge in [0.25, 0.3) is 11.5 Å². The Labute approximate surface area is 240 Å². The summed E-state index contributed by atoms with van der Waals surface area (Å²) in [7, 11) is 1.31. The molecule has 1 aromatic carbocycles. The molecular weight excluding hydrogens is 579 g/mol. The van der Waals surface area contributed by atoms with Gasteiger partial charge in [0, 0.05) is 24.4 Å². The van der Waals surface area contributed by atoms with Crippen molar-refractivity contribution in [3.63, 3.8) is 0 Å². The van der Waals surface area contributed by atoms with Gasteiger partial charge in [-0.25, -0.2) is 19.5 Å². The minimum absolute atomic E-state index is 0.00894. The Bertz CT molecular complexity index is 1810. The monoisotopic (exact) mass is 604 g/mol. The Morgan fingerprint density at radius 3 is 2.40 bits per heavy atom. The lowest BCUT2D eigenvalue weighted by Crippen LogP contribution is -2.33. The van der Waals surface area contributed by atoms with Gasteiger partial charge in [-0.1, -0.05) is 0 Å². The van der Waals surface area contributed by atoms with Crippen LogP contribution < -0.4 is 20.5 Å². The molecule has 4 aromatic rings. The van der Waals surface area contributed by atoms with E-state index in [0.29, 0.717) is 12.8 Å². The molecule has 15 heteroatoms. The molecular formula is C28H25F5N6O4. The highest BCUT2D eigenvalue weighted by Gasteiger charge is 2.41. The predicted octanol–water partition coefficient (Wildman–Crippen LogP) is 4.58. The quantitative estimate of drug-likeness (QED) is 0.221. The molecule has 43 heavy (non-hydrogen) atoms. The van der Waals surface area contributed by atoms with Crippen LogP contribution in [-0.2, 0) is 17.5 Å². The molecule has 1 aliphatic rings. The number of pyridine rings is 1. The summed E-state index contributed by atoms with van der Waals surface area (Å²) >= 11 is 0. The van der Waals surface area contributed by atoms with Crippen molar-refractivity contribution < 1.29 is 36.2 Å². The fourth-order valence-electron chi connectivity index (χ4n) is 4.56. The number of nitrogens with one attached hydrogen (secondary N) is 1.